The first kappa shape index (κ1) is 23.5. The number of carbonyl (C=O) groups excluding carboxylic acids is 1. The maximum atomic E-state index is 13.5. The second-order valence-corrected chi connectivity index (χ2v) is 9.14. The van der Waals surface area contributed by atoms with E-state index in [0.29, 0.717) is 26.2 Å². The molecule has 1 aromatic heterocycles. The van der Waals surface area contributed by atoms with Crippen LogP contribution in [0.2, 0.25) is 0 Å². The Hall–Kier alpha value is -3.65. The number of benzene rings is 2. The minimum atomic E-state index is -0.708. The van der Waals surface area contributed by atoms with E-state index >= 15 is 0 Å². The van der Waals surface area contributed by atoms with E-state index in [4.69, 9.17) is 9.47 Å². The smallest absolute Gasteiger partial charge is 0.338 e. The highest BCUT2D eigenvalue weighted by atomic mass is 32.1. The average Bonchev–Trinajstić information content (AvgIpc) is 3.09. The minimum Gasteiger partial charge on any atom is -0.508 e. The third-order valence-corrected chi connectivity index (χ3v) is 6.26. The first-order valence-electron chi connectivity index (χ1n) is 11.0. The van der Waals surface area contributed by atoms with E-state index in [2.05, 4.69) is 4.99 Å². The van der Waals surface area contributed by atoms with Crippen molar-refractivity contribution in [3.05, 3.63) is 90.6 Å². The number of allylic oxidation sites excluding steroid dienone is 1. The van der Waals surface area contributed by atoms with Gasteiger partial charge < -0.3 is 14.6 Å². The van der Waals surface area contributed by atoms with E-state index in [0.717, 1.165) is 11.3 Å². The number of ether oxygens (including phenoxy) is 2. The molecule has 1 N–H and O–H groups in total. The molecule has 4 rings (SSSR count). The molecule has 0 saturated heterocycles. The second kappa shape index (κ2) is 9.69. The van der Waals surface area contributed by atoms with Gasteiger partial charge in [0.1, 0.15) is 11.5 Å². The van der Waals surface area contributed by atoms with Crippen LogP contribution >= 0.6 is 11.3 Å². The normalized spacial score (nSPS) is 15.8. The summed E-state index contributed by atoms with van der Waals surface area (Å²) in [6.07, 6.45) is 1.88. The lowest BCUT2D eigenvalue weighted by molar-refractivity contribution is -0.139. The summed E-state index contributed by atoms with van der Waals surface area (Å²) in [6.45, 7) is 7.61. The number of hydrogen-bond acceptors (Lipinski definition) is 7. The minimum absolute atomic E-state index is 0.0753. The molecular formula is C26H26N2O5S. The van der Waals surface area contributed by atoms with Crippen molar-refractivity contribution in [1.82, 2.24) is 4.57 Å². The summed E-state index contributed by atoms with van der Waals surface area (Å²) in [5, 5.41) is 9.75. The van der Waals surface area contributed by atoms with Crippen LogP contribution in [0, 0.1) is 0 Å². The van der Waals surface area contributed by atoms with Gasteiger partial charge in [-0.05, 0) is 69.2 Å². The zero-order chi connectivity index (χ0) is 24.4. The molecule has 0 spiro atoms. The molecule has 0 aliphatic carbocycles. The van der Waals surface area contributed by atoms with Crippen LogP contribution in [0.25, 0.3) is 6.08 Å². The number of carbonyl (C=O) groups is 1. The van der Waals surface area contributed by atoms with Crippen molar-refractivity contribution < 1.29 is 19.4 Å². The van der Waals surface area contributed by atoms with Gasteiger partial charge in [0.15, 0.2) is 4.80 Å². The molecular weight excluding hydrogens is 452 g/mol. The molecule has 3 aromatic rings. The van der Waals surface area contributed by atoms with Gasteiger partial charge in [-0.1, -0.05) is 35.6 Å². The van der Waals surface area contributed by atoms with E-state index in [-0.39, 0.29) is 24.0 Å². The van der Waals surface area contributed by atoms with Gasteiger partial charge in [0.25, 0.3) is 5.56 Å². The van der Waals surface area contributed by atoms with Gasteiger partial charge >= 0.3 is 5.97 Å². The second-order valence-electron chi connectivity index (χ2n) is 8.13. The third-order valence-electron chi connectivity index (χ3n) is 5.28. The lowest BCUT2D eigenvalue weighted by Crippen LogP contribution is -2.39. The quantitative estimate of drug-likeness (QED) is 0.549. The number of phenols is 1. The molecule has 8 heteroatoms. The number of thiazole rings is 1. The maximum absolute atomic E-state index is 13.5. The van der Waals surface area contributed by atoms with Crippen LogP contribution < -0.4 is 19.6 Å². The predicted molar refractivity (Wildman–Crippen MR) is 131 cm³/mol. The van der Waals surface area contributed by atoms with Crippen molar-refractivity contribution >= 4 is 23.4 Å². The zero-order valence-corrected chi connectivity index (χ0v) is 20.3. The molecule has 1 aliphatic heterocycles. The van der Waals surface area contributed by atoms with E-state index in [1.807, 2.05) is 38.1 Å². The Morgan fingerprint density at radius 2 is 1.85 bits per heavy atom. The van der Waals surface area contributed by atoms with Gasteiger partial charge in [-0.3, -0.25) is 9.36 Å². The van der Waals surface area contributed by atoms with Crippen LogP contribution in [-0.4, -0.2) is 28.4 Å². The molecule has 7 nitrogen and oxygen atoms in total. The topological polar surface area (TPSA) is 90.1 Å². The number of fused-ring (bicyclic) bond motifs is 1. The summed E-state index contributed by atoms with van der Waals surface area (Å²) in [5.41, 5.74) is 2.08. The summed E-state index contributed by atoms with van der Waals surface area (Å²) in [5.74, 6) is 0.340. The number of aromatic hydroxyl groups is 1. The molecule has 34 heavy (non-hydrogen) atoms. The van der Waals surface area contributed by atoms with Crippen LogP contribution in [0.1, 0.15) is 44.9 Å². The largest absolute Gasteiger partial charge is 0.508 e. The van der Waals surface area contributed by atoms with Gasteiger partial charge in [0.2, 0.25) is 0 Å². The molecule has 1 unspecified atom stereocenters. The van der Waals surface area contributed by atoms with Crippen molar-refractivity contribution in [1.29, 1.82) is 0 Å². The molecule has 0 bridgehead atoms. The molecule has 0 amide bonds. The maximum Gasteiger partial charge on any atom is 0.338 e. The number of esters is 1. The van der Waals surface area contributed by atoms with Gasteiger partial charge in [-0.15, -0.1) is 0 Å². The van der Waals surface area contributed by atoms with E-state index in [1.165, 1.54) is 28.0 Å². The Balaban J connectivity index is 1.85. The van der Waals surface area contributed by atoms with E-state index in [9.17, 15) is 14.7 Å². The van der Waals surface area contributed by atoms with Crippen LogP contribution in [-0.2, 0) is 9.53 Å². The van der Waals surface area contributed by atoms with Crippen molar-refractivity contribution in [2.45, 2.75) is 39.8 Å². The molecule has 176 valence electrons. The summed E-state index contributed by atoms with van der Waals surface area (Å²) in [7, 11) is 0. The van der Waals surface area contributed by atoms with Gasteiger partial charge in [-0.2, -0.15) is 0 Å². The predicted octanol–water partition coefficient (Wildman–Crippen LogP) is 3.29. The third kappa shape index (κ3) is 4.68. The van der Waals surface area contributed by atoms with Crippen molar-refractivity contribution in [3.63, 3.8) is 0 Å². The zero-order valence-electron chi connectivity index (χ0n) is 19.4. The van der Waals surface area contributed by atoms with Gasteiger partial charge in [-0.25, -0.2) is 9.79 Å². The van der Waals surface area contributed by atoms with Crippen molar-refractivity contribution in [2.24, 2.45) is 4.99 Å². The highest BCUT2D eigenvalue weighted by Crippen LogP contribution is 2.31. The SMILES string of the molecule is CCOC(=O)C1=C(C)N=c2sc(=Cc3ccc(OC(C)C)cc3)c(=O)n2C1c1ccc(O)cc1. The molecule has 2 heterocycles. The fraction of sp³-hybridized carbons (Fsp3) is 0.269. The molecule has 0 radical (unpaired) electrons. The first-order chi connectivity index (χ1) is 16.3. The number of nitrogens with zero attached hydrogens (tertiary/aromatic N) is 2. The van der Waals surface area contributed by atoms with Crippen LogP contribution in [0.15, 0.2) is 69.6 Å². The Labute approximate surface area is 200 Å². The molecule has 0 fully saturated rings. The Kier molecular flexibility index (Phi) is 6.70. The van der Waals surface area contributed by atoms with Gasteiger partial charge in [0.05, 0.1) is 34.6 Å². The van der Waals surface area contributed by atoms with Crippen molar-refractivity contribution in [3.8, 4) is 11.5 Å². The Morgan fingerprint density at radius 3 is 2.47 bits per heavy atom. The molecule has 2 aromatic carbocycles. The highest BCUT2D eigenvalue weighted by Gasteiger charge is 2.33. The van der Waals surface area contributed by atoms with E-state index in [1.54, 1.807) is 32.1 Å². The highest BCUT2D eigenvalue weighted by molar-refractivity contribution is 7.07. The fourth-order valence-corrected chi connectivity index (χ4v) is 4.88. The van der Waals surface area contributed by atoms with Crippen molar-refractivity contribution in [2.75, 3.05) is 6.61 Å². The molecule has 0 saturated carbocycles. The fourth-order valence-electron chi connectivity index (χ4n) is 3.83. The average molecular weight is 479 g/mol. The van der Waals surface area contributed by atoms with Crippen LogP contribution in [0.3, 0.4) is 0 Å². The van der Waals surface area contributed by atoms with E-state index < -0.39 is 12.0 Å². The lowest BCUT2D eigenvalue weighted by Gasteiger charge is -2.24. The lowest BCUT2D eigenvalue weighted by atomic mass is 9.96. The Morgan fingerprint density at radius 1 is 1.18 bits per heavy atom. The number of aromatic nitrogens is 1. The molecule has 1 atom stereocenters. The van der Waals surface area contributed by atoms with Crippen LogP contribution in [0.5, 0.6) is 11.5 Å². The first-order valence-corrected chi connectivity index (χ1v) is 11.9. The van der Waals surface area contributed by atoms with Crippen LogP contribution in [0.4, 0.5) is 0 Å². The summed E-state index contributed by atoms with van der Waals surface area (Å²) in [6, 6.07) is 13.3. The summed E-state index contributed by atoms with van der Waals surface area (Å²) < 4.78 is 13.0. The number of phenolic OH excluding ortho intramolecular Hbond substituents is 1. The van der Waals surface area contributed by atoms with Gasteiger partial charge in [0, 0.05) is 0 Å². The standard InChI is InChI=1S/C26H26N2O5S/c1-5-32-25(31)22-16(4)27-26-28(23(22)18-8-10-19(29)11-9-18)24(30)21(34-26)14-17-6-12-20(13-7-17)33-15(2)3/h6-15,23,29H,5H2,1-4H3. The number of hydrogen-bond donors (Lipinski definition) is 1. The Bertz CT molecular complexity index is 1410. The number of rotatable bonds is 6. The summed E-state index contributed by atoms with van der Waals surface area (Å²) >= 11 is 1.27. The summed E-state index contributed by atoms with van der Waals surface area (Å²) in [4.78, 5) is 31.5. The monoisotopic (exact) mass is 478 g/mol. The molecule has 1 aliphatic rings.